The molecule has 0 aliphatic rings. The standard InChI is InChI=1S/C27H53NO2/c1-4-6-8-10-11-12-13-14-15-16-17-18-20-21-23-26(29)25(3)28-27(30)24-22-19-9-7-5-2/h20-21,25-26,29H,4-19,22-24H2,1-3H3,(H,28,30)/b21-20+/t25-,26+/m0/s1. The highest BCUT2D eigenvalue weighted by Crippen LogP contribution is 2.12. The van der Waals surface area contributed by atoms with E-state index in [4.69, 9.17) is 0 Å². The first-order valence-corrected chi connectivity index (χ1v) is 13.2. The van der Waals surface area contributed by atoms with Crippen LogP contribution in [-0.4, -0.2) is 23.2 Å². The molecule has 2 atom stereocenters. The van der Waals surface area contributed by atoms with E-state index in [1.54, 1.807) is 0 Å². The van der Waals surface area contributed by atoms with Gasteiger partial charge in [0.05, 0.1) is 12.1 Å². The van der Waals surface area contributed by atoms with Gasteiger partial charge < -0.3 is 10.4 Å². The van der Waals surface area contributed by atoms with Crippen molar-refractivity contribution in [3.8, 4) is 0 Å². The molecule has 0 bridgehead atoms. The molecule has 0 saturated carbocycles. The molecule has 0 heterocycles. The Hall–Kier alpha value is -0.830. The molecule has 0 rings (SSSR count). The van der Waals surface area contributed by atoms with Crippen molar-refractivity contribution < 1.29 is 9.90 Å². The largest absolute Gasteiger partial charge is 0.391 e. The summed E-state index contributed by atoms with van der Waals surface area (Å²) in [6.07, 6.45) is 26.9. The maximum Gasteiger partial charge on any atom is 0.220 e. The van der Waals surface area contributed by atoms with Crippen molar-refractivity contribution in [1.29, 1.82) is 0 Å². The van der Waals surface area contributed by atoms with Gasteiger partial charge in [-0.05, 0) is 32.6 Å². The lowest BCUT2D eigenvalue weighted by atomic mass is 10.0. The van der Waals surface area contributed by atoms with Crippen LogP contribution < -0.4 is 5.32 Å². The fraction of sp³-hybridized carbons (Fsp3) is 0.889. The summed E-state index contributed by atoms with van der Waals surface area (Å²) >= 11 is 0. The van der Waals surface area contributed by atoms with E-state index in [9.17, 15) is 9.90 Å². The molecule has 0 aliphatic heterocycles. The second-order valence-corrected chi connectivity index (χ2v) is 9.12. The summed E-state index contributed by atoms with van der Waals surface area (Å²) in [5.74, 6) is 0.0722. The van der Waals surface area contributed by atoms with Gasteiger partial charge >= 0.3 is 0 Å². The van der Waals surface area contributed by atoms with Crippen molar-refractivity contribution in [3.05, 3.63) is 12.2 Å². The lowest BCUT2D eigenvalue weighted by Gasteiger charge is -2.19. The van der Waals surface area contributed by atoms with Gasteiger partial charge in [-0.3, -0.25) is 4.79 Å². The van der Waals surface area contributed by atoms with Crippen LogP contribution in [-0.2, 0) is 4.79 Å². The third kappa shape index (κ3) is 20.4. The molecule has 3 nitrogen and oxygen atoms in total. The quantitative estimate of drug-likeness (QED) is 0.137. The topological polar surface area (TPSA) is 49.3 Å². The third-order valence-corrected chi connectivity index (χ3v) is 5.99. The molecule has 178 valence electrons. The van der Waals surface area contributed by atoms with Crippen LogP contribution in [0.1, 0.15) is 143 Å². The van der Waals surface area contributed by atoms with Crippen molar-refractivity contribution >= 4 is 5.91 Å². The second-order valence-electron chi connectivity index (χ2n) is 9.12. The van der Waals surface area contributed by atoms with Crippen molar-refractivity contribution in [2.45, 2.75) is 155 Å². The number of carbonyl (C=O) groups excluding carboxylic acids is 1. The lowest BCUT2D eigenvalue weighted by Crippen LogP contribution is -2.40. The number of amides is 1. The van der Waals surface area contributed by atoms with E-state index in [1.165, 1.54) is 89.9 Å². The van der Waals surface area contributed by atoms with E-state index in [0.717, 1.165) is 19.3 Å². The molecule has 0 fully saturated rings. The molecular formula is C27H53NO2. The van der Waals surface area contributed by atoms with Crippen molar-refractivity contribution in [2.75, 3.05) is 0 Å². The summed E-state index contributed by atoms with van der Waals surface area (Å²) in [5.41, 5.74) is 0. The van der Waals surface area contributed by atoms with Crippen LogP contribution in [0.3, 0.4) is 0 Å². The predicted octanol–water partition coefficient (Wildman–Crippen LogP) is 7.86. The smallest absolute Gasteiger partial charge is 0.220 e. The highest BCUT2D eigenvalue weighted by Gasteiger charge is 2.14. The summed E-state index contributed by atoms with van der Waals surface area (Å²) < 4.78 is 0. The Kier molecular flexibility index (Phi) is 22.2. The zero-order valence-corrected chi connectivity index (χ0v) is 20.6. The van der Waals surface area contributed by atoms with Gasteiger partial charge in [-0.2, -0.15) is 0 Å². The lowest BCUT2D eigenvalue weighted by molar-refractivity contribution is -0.122. The summed E-state index contributed by atoms with van der Waals surface area (Å²) in [6, 6.07) is -0.181. The highest BCUT2D eigenvalue weighted by molar-refractivity contribution is 5.76. The predicted molar refractivity (Wildman–Crippen MR) is 132 cm³/mol. The Morgan fingerprint density at radius 3 is 1.73 bits per heavy atom. The van der Waals surface area contributed by atoms with Gasteiger partial charge in [0, 0.05) is 6.42 Å². The first-order chi connectivity index (χ1) is 14.6. The van der Waals surface area contributed by atoms with Crippen molar-refractivity contribution in [3.63, 3.8) is 0 Å². The number of unbranched alkanes of at least 4 members (excludes halogenated alkanes) is 15. The average molecular weight is 424 g/mol. The van der Waals surface area contributed by atoms with Crippen LogP contribution in [0.15, 0.2) is 12.2 Å². The number of hydrogen-bond donors (Lipinski definition) is 2. The summed E-state index contributed by atoms with van der Waals surface area (Å²) in [7, 11) is 0. The van der Waals surface area contributed by atoms with Crippen LogP contribution in [0.2, 0.25) is 0 Å². The molecule has 0 aromatic heterocycles. The van der Waals surface area contributed by atoms with Gasteiger partial charge in [-0.25, -0.2) is 0 Å². The summed E-state index contributed by atoms with van der Waals surface area (Å²) in [6.45, 7) is 6.37. The molecule has 0 aliphatic carbocycles. The number of rotatable bonds is 22. The molecule has 3 heteroatoms. The fourth-order valence-electron chi connectivity index (χ4n) is 3.80. The summed E-state index contributed by atoms with van der Waals surface area (Å²) in [4.78, 5) is 12.0. The minimum absolute atomic E-state index is 0.0722. The van der Waals surface area contributed by atoms with E-state index in [2.05, 4.69) is 31.3 Å². The maximum absolute atomic E-state index is 12.0. The van der Waals surface area contributed by atoms with Crippen molar-refractivity contribution in [2.24, 2.45) is 0 Å². The second kappa shape index (κ2) is 22.8. The number of allylic oxidation sites excluding steroid dienone is 1. The minimum atomic E-state index is -0.498. The number of aliphatic hydroxyl groups excluding tert-OH is 1. The van der Waals surface area contributed by atoms with Crippen LogP contribution in [0, 0.1) is 0 Å². The first kappa shape index (κ1) is 29.2. The van der Waals surface area contributed by atoms with E-state index in [0.29, 0.717) is 12.8 Å². The zero-order chi connectivity index (χ0) is 22.3. The van der Waals surface area contributed by atoms with Gasteiger partial charge in [-0.1, -0.05) is 116 Å². The molecule has 0 saturated heterocycles. The number of carbonyl (C=O) groups is 1. The van der Waals surface area contributed by atoms with Crippen molar-refractivity contribution in [1.82, 2.24) is 5.32 Å². The van der Waals surface area contributed by atoms with E-state index >= 15 is 0 Å². The number of nitrogens with one attached hydrogen (secondary N) is 1. The van der Waals surface area contributed by atoms with E-state index in [-0.39, 0.29) is 11.9 Å². The van der Waals surface area contributed by atoms with Crippen LogP contribution in [0.25, 0.3) is 0 Å². The summed E-state index contributed by atoms with van der Waals surface area (Å²) in [5, 5.41) is 13.2. The molecule has 2 N–H and O–H groups in total. The molecule has 1 amide bonds. The molecule has 0 unspecified atom stereocenters. The Bertz CT molecular complexity index is 394. The van der Waals surface area contributed by atoms with Gasteiger partial charge in [0.2, 0.25) is 5.91 Å². The number of hydrogen-bond acceptors (Lipinski definition) is 2. The SMILES string of the molecule is CCCCCCCCCCCCC/C=C/C[C@@H](O)[C@H](C)NC(=O)CCCCCCC. The van der Waals surface area contributed by atoms with Gasteiger partial charge in [-0.15, -0.1) is 0 Å². The Morgan fingerprint density at radius 1 is 0.733 bits per heavy atom. The van der Waals surface area contributed by atoms with E-state index in [1.807, 2.05) is 6.92 Å². The highest BCUT2D eigenvalue weighted by atomic mass is 16.3. The normalized spacial score (nSPS) is 13.6. The zero-order valence-electron chi connectivity index (χ0n) is 20.6. The molecule has 0 aromatic carbocycles. The molecule has 30 heavy (non-hydrogen) atoms. The molecule has 0 radical (unpaired) electrons. The van der Waals surface area contributed by atoms with E-state index < -0.39 is 6.10 Å². The third-order valence-electron chi connectivity index (χ3n) is 5.99. The Morgan fingerprint density at radius 2 is 1.20 bits per heavy atom. The molecular weight excluding hydrogens is 370 g/mol. The monoisotopic (exact) mass is 423 g/mol. The number of aliphatic hydroxyl groups is 1. The van der Waals surface area contributed by atoms with Gasteiger partial charge in [0.15, 0.2) is 0 Å². The van der Waals surface area contributed by atoms with Crippen LogP contribution >= 0.6 is 0 Å². The first-order valence-electron chi connectivity index (χ1n) is 13.2. The molecule has 0 spiro atoms. The Balaban J connectivity index is 3.52. The van der Waals surface area contributed by atoms with Gasteiger partial charge in [0.25, 0.3) is 0 Å². The van der Waals surface area contributed by atoms with Crippen LogP contribution in [0.4, 0.5) is 0 Å². The Labute approximate surface area is 188 Å². The fourth-order valence-corrected chi connectivity index (χ4v) is 3.80. The van der Waals surface area contributed by atoms with Crippen LogP contribution in [0.5, 0.6) is 0 Å². The maximum atomic E-state index is 12.0. The average Bonchev–Trinajstić information content (AvgIpc) is 2.73. The molecule has 0 aromatic rings. The minimum Gasteiger partial charge on any atom is -0.391 e. The van der Waals surface area contributed by atoms with Gasteiger partial charge in [0.1, 0.15) is 0 Å².